The monoisotopic (exact) mass is 228 g/mol. The SMILES string of the molecule is CCN(CC(=O)O)C(=O)CNC1CCCC1. The quantitative estimate of drug-likeness (QED) is 0.692. The molecule has 0 saturated heterocycles. The van der Waals surface area contributed by atoms with Crippen molar-refractivity contribution in [3.63, 3.8) is 0 Å². The van der Waals surface area contributed by atoms with E-state index in [-0.39, 0.29) is 19.0 Å². The smallest absolute Gasteiger partial charge is 0.323 e. The summed E-state index contributed by atoms with van der Waals surface area (Å²) in [4.78, 5) is 23.5. The van der Waals surface area contributed by atoms with Crippen molar-refractivity contribution in [2.45, 2.75) is 38.6 Å². The molecule has 0 bridgehead atoms. The van der Waals surface area contributed by atoms with Crippen LogP contribution in [0.2, 0.25) is 0 Å². The number of hydrogen-bond acceptors (Lipinski definition) is 3. The number of nitrogens with one attached hydrogen (secondary N) is 1. The Balaban J connectivity index is 2.28. The highest BCUT2D eigenvalue weighted by Gasteiger charge is 2.18. The van der Waals surface area contributed by atoms with E-state index in [0.717, 1.165) is 12.8 Å². The van der Waals surface area contributed by atoms with Gasteiger partial charge < -0.3 is 15.3 Å². The predicted octanol–water partition coefficient (Wildman–Crippen LogP) is 0.452. The average molecular weight is 228 g/mol. The van der Waals surface area contributed by atoms with Crippen LogP contribution >= 0.6 is 0 Å². The van der Waals surface area contributed by atoms with Gasteiger partial charge in [-0.1, -0.05) is 12.8 Å². The molecule has 0 aromatic heterocycles. The van der Waals surface area contributed by atoms with E-state index in [2.05, 4.69) is 5.32 Å². The summed E-state index contributed by atoms with van der Waals surface area (Å²) < 4.78 is 0. The molecular weight excluding hydrogens is 208 g/mol. The molecule has 0 unspecified atom stereocenters. The Morgan fingerprint density at radius 3 is 2.50 bits per heavy atom. The minimum absolute atomic E-state index is 0.128. The summed E-state index contributed by atoms with van der Waals surface area (Å²) in [5, 5.41) is 11.8. The number of aliphatic carboxylic acids is 1. The van der Waals surface area contributed by atoms with Crippen LogP contribution in [0, 0.1) is 0 Å². The fourth-order valence-electron chi connectivity index (χ4n) is 2.01. The van der Waals surface area contributed by atoms with E-state index in [0.29, 0.717) is 12.6 Å². The summed E-state index contributed by atoms with van der Waals surface area (Å²) in [5.74, 6) is -1.09. The normalized spacial score (nSPS) is 16.3. The van der Waals surface area contributed by atoms with E-state index in [1.54, 1.807) is 6.92 Å². The Labute approximate surface area is 95.8 Å². The van der Waals surface area contributed by atoms with E-state index in [1.165, 1.54) is 17.7 Å². The van der Waals surface area contributed by atoms with Gasteiger partial charge in [-0.25, -0.2) is 0 Å². The standard InChI is InChI=1S/C11H20N2O3/c1-2-13(8-11(15)16)10(14)7-12-9-5-3-4-6-9/h9,12H,2-8H2,1H3,(H,15,16). The summed E-state index contributed by atoms with van der Waals surface area (Å²) in [6, 6.07) is 0.437. The highest BCUT2D eigenvalue weighted by atomic mass is 16.4. The fourth-order valence-corrected chi connectivity index (χ4v) is 2.01. The molecule has 2 N–H and O–H groups in total. The molecular formula is C11H20N2O3. The maximum atomic E-state index is 11.7. The number of likely N-dealkylation sites (N-methyl/N-ethyl adjacent to an activating group) is 1. The third kappa shape index (κ3) is 4.18. The molecule has 1 aliphatic carbocycles. The highest BCUT2D eigenvalue weighted by Crippen LogP contribution is 2.17. The number of amides is 1. The molecule has 1 aliphatic rings. The molecule has 0 aromatic rings. The zero-order chi connectivity index (χ0) is 12.0. The van der Waals surface area contributed by atoms with Crippen LogP contribution in [0.15, 0.2) is 0 Å². The summed E-state index contributed by atoms with van der Waals surface area (Å²) in [7, 11) is 0. The lowest BCUT2D eigenvalue weighted by Crippen LogP contribution is -2.43. The number of carbonyl (C=O) groups is 2. The van der Waals surface area contributed by atoms with Crippen molar-refractivity contribution in [3.05, 3.63) is 0 Å². The van der Waals surface area contributed by atoms with E-state index < -0.39 is 5.97 Å². The average Bonchev–Trinajstić information content (AvgIpc) is 2.75. The van der Waals surface area contributed by atoms with Gasteiger partial charge >= 0.3 is 5.97 Å². The molecule has 5 heteroatoms. The first kappa shape index (κ1) is 13.0. The first-order chi connectivity index (χ1) is 7.63. The first-order valence-corrected chi connectivity index (χ1v) is 5.86. The summed E-state index contributed by atoms with van der Waals surface area (Å²) in [6.45, 7) is 2.28. The van der Waals surface area contributed by atoms with Crippen molar-refractivity contribution in [1.29, 1.82) is 0 Å². The van der Waals surface area contributed by atoms with Crippen LogP contribution in [0.25, 0.3) is 0 Å². The summed E-state index contributed by atoms with van der Waals surface area (Å²) >= 11 is 0. The first-order valence-electron chi connectivity index (χ1n) is 5.86. The molecule has 1 fully saturated rings. The predicted molar refractivity (Wildman–Crippen MR) is 60.1 cm³/mol. The van der Waals surface area contributed by atoms with Crippen molar-refractivity contribution in [3.8, 4) is 0 Å². The van der Waals surface area contributed by atoms with Gasteiger partial charge in [-0.2, -0.15) is 0 Å². The molecule has 0 atom stereocenters. The molecule has 0 aliphatic heterocycles. The third-order valence-electron chi connectivity index (χ3n) is 2.96. The Bertz CT molecular complexity index is 250. The number of nitrogens with zero attached hydrogens (tertiary/aromatic N) is 1. The highest BCUT2D eigenvalue weighted by molar-refractivity contribution is 5.82. The van der Waals surface area contributed by atoms with Crippen LogP contribution in [0.5, 0.6) is 0 Å². The second-order valence-electron chi connectivity index (χ2n) is 4.16. The Kier molecular flexibility index (Phi) is 5.25. The van der Waals surface area contributed by atoms with E-state index >= 15 is 0 Å². The molecule has 92 valence electrons. The molecule has 0 heterocycles. The van der Waals surface area contributed by atoms with E-state index in [1.807, 2.05) is 0 Å². The molecule has 5 nitrogen and oxygen atoms in total. The number of hydrogen-bond donors (Lipinski definition) is 2. The molecule has 1 saturated carbocycles. The van der Waals surface area contributed by atoms with Gasteiger partial charge in [0.1, 0.15) is 6.54 Å². The van der Waals surface area contributed by atoms with Crippen molar-refractivity contribution >= 4 is 11.9 Å². The maximum Gasteiger partial charge on any atom is 0.323 e. The zero-order valence-electron chi connectivity index (χ0n) is 9.74. The molecule has 0 spiro atoms. The second kappa shape index (κ2) is 6.48. The Hall–Kier alpha value is -1.10. The molecule has 1 amide bonds. The van der Waals surface area contributed by atoms with Gasteiger partial charge in [0, 0.05) is 12.6 Å². The van der Waals surface area contributed by atoms with Gasteiger partial charge in [0.25, 0.3) is 0 Å². The van der Waals surface area contributed by atoms with Crippen LogP contribution in [-0.4, -0.2) is 47.6 Å². The third-order valence-corrected chi connectivity index (χ3v) is 2.96. The lowest BCUT2D eigenvalue weighted by Gasteiger charge is -2.20. The van der Waals surface area contributed by atoms with Crippen molar-refractivity contribution in [1.82, 2.24) is 10.2 Å². The zero-order valence-corrected chi connectivity index (χ0v) is 9.74. The molecule has 1 rings (SSSR count). The lowest BCUT2D eigenvalue weighted by molar-refractivity contribution is -0.144. The summed E-state index contributed by atoms with van der Waals surface area (Å²) in [5.41, 5.74) is 0. The molecule has 0 aromatic carbocycles. The van der Waals surface area contributed by atoms with Crippen molar-refractivity contribution < 1.29 is 14.7 Å². The van der Waals surface area contributed by atoms with Crippen LogP contribution < -0.4 is 5.32 Å². The minimum atomic E-state index is -0.962. The van der Waals surface area contributed by atoms with Crippen LogP contribution in [0.4, 0.5) is 0 Å². The number of rotatable bonds is 6. The molecule has 16 heavy (non-hydrogen) atoms. The fraction of sp³-hybridized carbons (Fsp3) is 0.818. The van der Waals surface area contributed by atoms with Crippen LogP contribution in [0.1, 0.15) is 32.6 Å². The van der Waals surface area contributed by atoms with Gasteiger partial charge in [-0.05, 0) is 19.8 Å². The van der Waals surface area contributed by atoms with Gasteiger partial charge in [0.2, 0.25) is 5.91 Å². The van der Waals surface area contributed by atoms with Crippen LogP contribution in [-0.2, 0) is 9.59 Å². The Morgan fingerprint density at radius 2 is 2.00 bits per heavy atom. The van der Waals surface area contributed by atoms with Crippen LogP contribution in [0.3, 0.4) is 0 Å². The largest absolute Gasteiger partial charge is 0.480 e. The van der Waals surface area contributed by atoms with Crippen molar-refractivity contribution in [2.24, 2.45) is 0 Å². The minimum Gasteiger partial charge on any atom is -0.480 e. The second-order valence-corrected chi connectivity index (χ2v) is 4.16. The van der Waals surface area contributed by atoms with E-state index in [4.69, 9.17) is 5.11 Å². The molecule has 0 radical (unpaired) electrons. The maximum absolute atomic E-state index is 11.7. The van der Waals surface area contributed by atoms with Gasteiger partial charge in [-0.15, -0.1) is 0 Å². The number of carboxylic acids is 1. The van der Waals surface area contributed by atoms with Crippen molar-refractivity contribution in [2.75, 3.05) is 19.6 Å². The number of carboxylic acid groups (broad SMARTS) is 1. The van der Waals surface area contributed by atoms with E-state index in [9.17, 15) is 9.59 Å². The number of carbonyl (C=O) groups excluding carboxylic acids is 1. The van der Waals surface area contributed by atoms with Gasteiger partial charge in [0.15, 0.2) is 0 Å². The topological polar surface area (TPSA) is 69.6 Å². The van der Waals surface area contributed by atoms with Gasteiger partial charge in [0.05, 0.1) is 6.54 Å². The summed E-state index contributed by atoms with van der Waals surface area (Å²) in [6.07, 6.45) is 4.69. The Morgan fingerprint density at radius 1 is 1.38 bits per heavy atom. The van der Waals surface area contributed by atoms with Gasteiger partial charge in [-0.3, -0.25) is 9.59 Å². The lowest BCUT2D eigenvalue weighted by atomic mass is 10.2.